The summed E-state index contributed by atoms with van der Waals surface area (Å²) >= 11 is 3.52. The number of carbonyl (C=O) groups is 1. The first-order valence-electron chi connectivity index (χ1n) is 10.5. The van der Waals surface area contributed by atoms with Gasteiger partial charge in [0.25, 0.3) is 11.5 Å². The Morgan fingerprint density at radius 2 is 1.72 bits per heavy atom. The Morgan fingerprint density at radius 1 is 0.969 bits per heavy atom. The van der Waals surface area contributed by atoms with Crippen LogP contribution in [-0.4, -0.2) is 22.0 Å². The van der Waals surface area contributed by atoms with Crippen LogP contribution >= 0.6 is 15.9 Å². The third-order valence-electron chi connectivity index (χ3n) is 5.55. The number of hydrogen-bond acceptors (Lipinski definition) is 3. The van der Waals surface area contributed by atoms with E-state index in [9.17, 15) is 9.59 Å². The van der Waals surface area contributed by atoms with Crippen LogP contribution in [0.3, 0.4) is 0 Å². The number of nitrogens with zero attached hydrogens (tertiary/aromatic N) is 3. The third-order valence-corrected chi connectivity index (χ3v) is 6.05. The van der Waals surface area contributed by atoms with Crippen molar-refractivity contribution in [3.05, 3.63) is 99.0 Å². The number of amides is 1. The molecule has 6 heteroatoms. The predicted molar refractivity (Wildman–Crippen MR) is 132 cm³/mol. The summed E-state index contributed by atoms with van der Waals surface area (Å²) in [6, 6.07) is 22.5. The molecule has 5 nitrogen and oxygen atoms in total. The highest BCUT2D eigenvalue weighted by atomic mass is 79.9. The minimum Gasteiger partial charge on any atom is -0.308 e. The van der Waals surface area contributed by atoms with Gasteiger partial charge < -0.3 is 4.90 Å². The van der Waals surface area contributed by atoms with Crippen molar-refractivity contribution in [2.75, 3.05) is 11.4 Å². The van der Waals surface area contributed by atoms with Crippen molar-refractivity contribution in [2.24, 2.45) is 0 Å². The van der Waals surface area contributed by atoms with Gasteiger partial charge in [-0.25, -0.2) is 4.98 Å². The average Bonchev–Trinajstić information content (AvgIpc) is 3.05. The predicted octanol–water partition coefficient (Wildman–Crippen LogP) is 5.45. The topological polar surface area (TPSA) is 55.2 Å². The number of carbonyl (C=O) groups excluding carboxylic acids is 1. The van der Waals surface area contributed by atoms with Crippen molar-refractivity contribution >= 4 is 50.1 Å². The number of halogens is 1. The largest absolute Gasteiger partial charge is 0.308 e. The van der Waals surface area contributed by atoms with Gasteiger partial charge >= 0.3 is 0 Å². The first kappa shape index (κ1) is 20.4. The average molecular weight is 486 g/mol. The molecule has 1 amide bonds. The number of fused-ring (bicyclic) bond motifs is 2. The monoisotopic (exact) mass is 485 g/mol. The SMILES string of the molecule is CCCN1C(=O)/C(=C\c2nc3ccccc3c(=O)n2-c2ccccc2)c2cc(Br)ccc21. The Kier molecular flexibility index (Phi) is 5.23. The maximum absolute atomic E-state index is 13.5. The quantitative estimate of drug-likeness (QED) is 0.361. The van der Waals surface area contributed by atoms with Crippen LogP contribution in [0.5, 0.6) is 0 Å². The van der Waals surface area contributed by atoms with Crippen LogP contribution in [0, 0.1) is 0 Å². The molecule has 0 unspecified atom stereocenters. The van der Waals surface area contributed by atoms with Gasteiger partial charge in [0, 0.05) is 16.6 Å². The molecule has 2 heterocycles. The summed E-state index contributed by atoms with van der Waals surface area (Å²) < 4.78 is 2.46. The molecular formula is C26H20BrN3O2. The standard InChI is InChI=1S/C26H20BrN3O2/c1-2-14-29-23-13-12-17(27)15-20(23)21(25(29)31)16-24-28-22-11-7-6-10-19(22)26(32)30(24)18-8-4-3-5-9-18/h3-13,15-16H,2,14H2,1H3/b21-16-. The fraction of sp³-hybridized carbons (Fsp3) is 0.115. The van der Waals surface area contributed by atoms with Gasteiger partial charge in [-0.15, -0.1) is 0 Å². The van der Waals surface area contributed by atoms with Crippen molar-refractivity contribution < 1.29 is 4.79 Å². The molecule has 158 valence electrons. The molecule has 0 radical (unpaired) electrons. The Hall–Kier alpha value is -3.51. The summed E-state index contributed by atoms with van der Waals surface area (Å²) in [6.07, 6.45) is 2.58. The minimum absolute atomic E-state index is 0.0815. The van der Waals surface area contributed by atoms with Gasteiger partial charge in [0.1, 0.15) is 5.82 Å². The Labute approximate surface area is 193 Å². The van der Waals surface area contributed by atoms with Gasteiger partial charge in [0.2, 0.25) is 0 Å². The van der Waals surface area contributed by atoms with E-state index in [0.717, 1.165) is 22.1 Å². The van der Waals surface area contributed by atoms with Crippen LogP contribution in [-0.2, 0) is 4.79 Å². The summed E-state index contributed by atoms with van der Waals surface area (Å²) in [7, 11) is 0. The van der Waals surface area contributed by atoms with E-state index in [2.05, 4.69) is 15.9 Å². The molecule has 0 saturated carbocycles. The molecule has 0 saturated heterocycles. The molecule has 0 fully saturated rings. The molecule has 0 bridgehead atoms. The second kappa shape index (κ2) is 8.20. The molecule has 5 rings (SSSR count). The van der Waals surface area contributed by atoms with Gasteiger partial charge in [0.15, 0.2) is 0 Å². The first-order chi connectivity index (χ1) is 15.6. The van der Waals surface area contributed by atoms with E-state index in [-0.39, 0.29) is 11.5 Å². The van der Waals surface area contributed by atoms with E-state index >= 15 is 0 Å². The van der Waals surface area contributed by atoms with E-state index in [0.29, 0.717) is 34.5 Å². The minimum atomic E-state index is -0.168. The lowest BCUT2D eigenvalue weighted by atomic mass is 10.1. The number of hydrogen-bond donors (Lipinski definition) is 0. The van der Waals surface area contributed by atoms with Crippen LogP contribution in [0.4, 0.5) is 5.69 Å². The van der Waals surface area contributed by atoms with Gasteiger partial charge in [-0.1, -0.05) is 53.2 Å². The lowest BCUT2D eigenvalue weighted by molar-refractivity contribution is -0.113. The number of benzene rings is 3. The van der Waals surface area contributed by atoms with E-state index in [1.807, 2.05) is 73.7 Å². The number of para-hydroxylation sites is 2. The number of anilines is 1. The maximum Gasteiger partial charge on any atom is 0.266 e. The van der Waals surface area contributed by atoms with Crippen LogP contribution in [0.25, 0.3) is 28.2 Å². The summed E-state index contributed by atoms with van der Waals surface area (Å²) in [5.74, 6) is 0.342. The van der Waals surface area contributed by atoms with E-state index in [1.165, 1.54) is 0 Å². The Balaban J connectivity index is 1.80. The molecule has 0 aliphatic carbocycles. The fourth-order valence-corrected chi connectivity index (χ4v) is 4.48. The summed E-state index contributed by atoms with van der Waals surface area (Å²) in [5.41, 5.74) is 3.37. The normalized spacial score (nSPS) is 14.4. The Bertz CT molecular complexity index is 1440. The molecular weight excluding hydrogens is 466 g/mol. The summed E-state index contributed by atoms with van der Waals surface area (Å²) in [5, 5.41) is 0.534. The van der Waals surface area contributed by atoms with E-state index in [1.54, 1.807) is 21.6 Å². The lowest BCUT2D eigenvalue weighted by Crippen LogP contribution is -2.27. The zero-order valence-electron chi connectivity index (χ0n) is 17.5. The smallest absolute Gasteiger partial charge is 0.266 e. The summed E-state index contributed by atoms with van der Waals surface area (Å²) in [4.78, 5) is 33.4. The van der Waals surface area contributed by atoms with Crippen LogP contribution in [0.2, 0.25) is 0 Å². The molecule has 3 aromatic carbocycles. The van der Waals surface area contributed by atoms with E-state index < -0.39 is 0 Å². The third kappa shape index (κ3) is 3.37. The number of aromatic nitrogens is 2. The maximum atomic E-state index is 13.5. The van der Waals surface area contributed by atoms with Crippen molar-refractivity contribution in [3.63, 3.8) is 0 Å². The zero-order valence-corrected chi connectivity index (χ0v) is 19.0. The summed E-state index contributed by atoms with van der Waals surface area (Å²) in [6.45, 7) is 2.67. The fourth-order valence-electron chi connectivity index (χ4n) is 4.12. The highest BCUT2D eigenvalue weighted by molar-refractivity contribution is 9.10. The number of rotatable bonds is 4. The van der Waals surface area contributed by atoms with Crippen LogP contribution in [0.15, 0.2) is 82.1 Å². The molecule has 4 aromatic rings. The highest BCUT2D eigenvalue weighted by Gasteiger charge is 2.32. The highest BCUT2D eigenvalue weighted by Crippen LogP contribution is 2.39. The molecule has 0 spiro atoms. The second-order valence-electron chi connectivity index (χ2n) is 7.64. The van der Waals surface area contributed by atoms with Crippen LogP contribution in [0.1, 0.15) is 24.7 Å². The molecule has 1 aliphatic rings. The van der Waals surface area contributed by atoms with Crippen molar-refractivity contribution in [1.29, 1.82) is 0 Å². The molecule has 1 aromatic heterocycles. The van der Waals surface area contributed by atoms with Crippen molar-refractivity contribution in [3.8, 4) is 5.69 Å². The zero-order chi connectivity index (χ0) is 22.2. The van der Waals surface area contributed by atoms with Gasteiger partial charge in [0.05, 0.1) is 27.9 Å². The molecule has 0 N–H and O–H groups in total. The van der Waals surface area contributed by atoms with Gasteiger partial charge in [-0.2, -0.15) is 0 Å². The van der Waals surface area contributed by atoms with E-state index in [4.69, 9.17) is 4.98 Å². The van der Waals surface area contributed by atoms with Crippen molar-refractivity contribution in [1.82, 2.24) is 9.55 Å². The lowest BCUT2D eigenvalue weighted by Gasteiger charge is -2.15. The van der Waals surface area contributed by atoms with Crippen LogP contribution < -0.4 is 10.5 Å². The second-order valence-corrected chi connectivity index (χ2v) is 8.56. The van der Waals surface area contributed by atoms with Gasteiger partial charge in [-0.05, 0) is 55.0 Å². The molecule has 1 aliphatic heterocycles. The Morgan fingerprint density at radius 3 is 2.50 bits per heavy atom. The first-order valence-corrected chi connectivity index (χ1v) is 11.3. The molecule has 32 heavy (non-hydrogen) atoms. The van der Waals surface area contributed by atoms with Crippen molar-refractivity contribution in [2.45, 2.75) is 13.3 Å². The molecule has 0 atom stereocenters. The van der Waals surface area contributed by atoms with Gasteiger partial charge in [-0.3, -0.25) is 14.2 Å².